The summed E-state index contributed by atoms with van der Waals surface area (Å²) < 4.78 is 22.0. The van der Waals surface area contributed by atoms with E-state index < -0.39 is 17.7 Å². The Morgan fingerprint density at radius 3 is 2.05 bits per heavy atom. The second-order valence-electron chi connectivity index (χ2n) is 9.72. The Kier molecular flexibility index (Phi) is 9.27. The van der Waals surface area contributed by atoms with Crippen LogP contribution in [0.2, 0.25) is 0 Å². The van der Waals surface area contributed by atoms with Crippen molar-refractivity contribution in [3.05, 3.63) is 52.6 Å². The van der Waals surface area contributed by atoms with Crippen molar-refractivity contribution in [1.82, 2.24) is 9.80 Å². The number of nitrogens with zero attached hydrogens (tertiary/aromatic N) is 2. The zero-order chi connectivity index (χ0) is 28.1. The Balaban J connectivity index is 2.26. The minimum Gasteiger partial charge on any atom is -0.507 e. The first kappa shape index (κ1) is 28.8. The van der Waals surface area contributed by atoms with Gasteiger partial charge in [-0.1, -0.05) is 13.8 Å². The highest BCUT2D eigenvalue weighted by Gasteiger charge is 2.46. The molecule has 1 aliphatic rings. The van der Waals surface area contributed by atoms with Gasteiger partial charge < -0.3 is 33.9 Å². The zero-order valence-electron chi connectivity index (χ0n) is 23.5. The number of Topliss-reactive ketones (excluding diaryl/α,β-unsaturated/α-hetero) is 1. The molecule has 2 aromatic carbocycles. The normalized spacial score (nSPS) is 16.9. The molecule has 9 heteroatoms. The first-order chi connectivity index (χ1) is 18.1. The van der Waals surface area contributed by atoms with Crippen LogP contribution in [0, 0.1) is 0 Å². The SMILES string of the molecule is COc1ccc(/C(O)=C2\C(=O)C(=O)N(CCCN(C)C)C2c2cc(OC)c(OC)c(OC)c2)cc1C(C)C. The van der Waals surface area contributed by atoms with Crippen LogP contribution in [0.1, 0.15) is 48.9 Å². The summed E-state index contributed by atoms with van der Waals surface area (Å²) >= 11 is 0. The van der Waals surface area contributed by atoms with Crippen LogP contribution < -0.4 is 18.9 Å². The molecule has 0 saturated carbocycles. The predicted octanol–water partition coefficient (Wildman–Crippen LogP) is 4.22. The van der Waals surface area contributed by atoms with Crippen molar-refractivity contribution in [2.24, 2.45) is 0 Å². The zero-order valence-corrected chi connectivity index (χ0v) is 23.5. The van der Waals surface area contributed by atoms with Gasteiger partial charge in [0.05, 0.1) is 40.1 Å². The molecule has 1 unspecified atom stereocenters. The van der Waals surface area contributed by atoms with E-state index >= 15 is 0 Å². The van der Waals surface area contributed by atoms with Gasteiger partial charge in [0, 0.05) is 12.1 Å². The molecule has 1 amide bonds. The maximum atomic E-state index is 13.5. The molecule has 0 aromatic heterocycles. The lowest BCUT2D eigenvalue weighted by Crippen LogP contribution is -2.32. The van der Waals surface area contributed by atoms with Crippen molar-refractivity contribution in [3.63, 3.8) is 0 Å². The fourth-order valence-electron chi connectivity index (χ4n) is 4.76. The van der Waals surface area contributed by atoms with Crippen molar-refractivity contribution < 1.29 is 33.6 Å². The number of methoxy groups -OCH3 is 4. The van der Waals surface area contributed by atoms with Crippen LogP contribution in [0.25, 0.3) is 5.76 Å². The fourth-order valence-corrected chi connectivity index (χ4v) is 4.76. The van der Waals surface area contributed by atoms with Crippen molar-refractivity contribution in [2.45, 2.75) is 32.2 Å². The number of hydrogen-bond donors (Lipinski definition) is 1. The van der Waals surface area contributed by atoms with Gasteiger partial charge in [-0.3, -0.25) is 9.59 Å². The standard InChI is InChI=1S/C29H38N2O7/c1-17(2)20-14-18(10-11-21(20)35-5)26(32)24-25(31(29(34)27(24)33)13-9-12-30(3)4)19-15-22(36-6)28(38-8)23(16-19)37-7/h10-11,14-17,25,32H,9,12-13H2,1-8H3/b26-24+. The van der Waals surface area contributed by atoms with E-state index in [2.05, 4.69) is 0 Å². The smallest absolute Gasteiger partial charge is 0.295 e. The lowest BCUT2D eigenvalue weighted by Gasteiger charge is -2.27. The molecule has 1 aliphatic heterocycles. The molecule has 0 radical (unpaired) electrons. The fraction of sp³-hybridized carbons (Fsp3) is 0.448. The van der Waals surface area contributed by atoms with Gasteiger partial charge in [-0.05, 0) is 74.4 Å². The summed E-state index contributed by atoms with van der Waals surface area (Å²) in [6.45, 7) is 5.07. The molecule has 1 heterocycles. The Labute approximate surface area is 224 Å². The molecule has 0 spiro atoms. The van der Waals surface area contributed by atoms with E-state index in [0.29, 0.717) is 47.1 Å². The second kappa shape index (κ2) is 12.2. The van der Waals surface area contributed by atoms with Crippen LogP contribution in [0.5, 0.6) is 23.0 Å². The largest absolute Gasteiger partial charge is 0.507 e. The molecule has 2 aromatic rings. The van der Waals surface area contributed by atoms with Gasteiger partial charge in [-0.2, -0.15) is 0 Å². The molecule has 38 heavy (non-hydrogen) atoms. The van der Waals surface area contributed by atoms with E-state index in [4.69, 9.17) is 18.9 Å². The monoisotopic (exact) mass is 526 g/mol. The third-order valence-electron chi connectivity index (χ3n) is 6.67. The van der Waals surface area contributed by atoms with Gasteiger partial charge in [-0.15, -0.1) is 0 Å². The van der Waals surface area contributed by atoms with E-state index in [1.165, 1.54) is 26.2 Å². The van der Waals surface area contributed by atoms with Crippen LogP contribution >= 0.6 is 0 Å². The van der Waals surface area contributed by atoms with Crippen molar-refractivity contribution in [1.29, 1.82) is 0 Å². The third-order valence-corrected chi connectivity index (χ3v) is 6.67. The highest BCUT2D eigenvalue weighted by Crippen LogP contribution is 2.46. The van der Waals surface area contributed by atoms with Crippen molar-refractivity contribution >= 4 is 17.4 Å². The number of rotatable bonds is 11. The average molecular weight is 527 g/mol. The molecule has 9 nitrogen and oxygen atoms in total. The summed E-state index contributed by atoms with van der Waals surface area (Å²) in [6, 6.07) is 7.80. The number of hydrogen-bond acceptors (Lipinski definition) is 8. The Bertz CT molecular complexity index is 1190. The summed E-state index contributed by atoms with van der Waals surface area (Å²) in [5.74, 6) is 0.287. The van der Waals surface area contributed by atoms with E-state index in [0.717, 1.165) is 12.1 Å². The van der Waals surface area contributed by atoms with Gasteiger partial charge in [-0.25, -0.2) is 0 Å². The number of amides is 1. The van der Waals surface area contributed by atoms with Crippen molar-refractivity contribution in [3.8, 4) is 23.0 Å². The quantitative estimate of drug-likeness (QED) is 0.264. The Hall–Kier alpha value is -3.72. The van der Waals surface area contributed by atoms with E-state index in [1.807, 2.05) is 32.8 Å². The van der Waals surface area contributed by atoms with Gasteiger partial charge in [0.25, 0.3) is 11.7 Å². The molecule has 0 bridgehead atoms. The van der Waals surface area contributed by atoms with Crippen LogP contribution in [-0.4, -0.2) is 82.2 Å². The maximum absolute atomic E-state index is 13.5. The summed E-state index contributed by atoms with van der Waals surface area (Å²) in [5.41, 5.74) is 1.87. The number of ether oxygens (including phenoxy) is 4. The minimum atomic E-state index is -0.851. The molecule has 1 saturated heterocycles. The molecule has 3 rings (SSSR count). The predicted molar refractivity (Wildman–Crippen MR) is 145 cm³/mol. The molecule has 0 aliphatic carbocycles. The molecule has 1 atom stereocenters. The highest BCUT2D eigenvalue weighted by molar-refractivity contribution is 6.46. The van der Waals surface area contributed by atoms with Crippen LogP contribution in [0.3, 0.4) is 0 Å². The summed E-state index contributed by atoms with van der Waals surface area (Å²) in [6.07, 6.45) is 0.640. The topological polar surface area (TPSA) is 97.8 Å². The Morgan fingerprint density at radius 2 is 1.55 bits per heavy atom. The summed E-state index contributed by atoms with van der Waals surface area (Å²) in [5, 5.41) is 11.5. The van der Waals surface area contributed by atoms with Crippen LogP contribution in [-0.2, 0) is 9.59 Å². The maximum Gasteiger partial charge on any atom is 0.295 e. The van der Waals surface area contributed by atoms with Crippen molar-refractivity contribution in [2.75, 3.05) is 55.6 Å². The lowest BCUT2D eigenvalue weighted by atomic mass is 9.92. The molecular formula is C29H38N2O7. The van der Waals surface area contributed by atoms with Gasteiger partial charge in [0.1, 0.15) is 11.5 Å². The number of ketones is 1. The summed E-state index contributed by atoms with van der Waals surface area (Å²) in [4.78, 5) is 30.3. The van der Waals surface area contributed by atoms with E-state index in [1.54, 1.807) is 37.4 Å². The molecule has 1 N–H and O–H groups in total. The molecular weight excluding hydrogens is 488 g/mol. The highest BCUT2D eigenvalue weighted by atomic mass is 16.5. The number of carbonyl (C=O) groups is 2. The number of benzene rings is 2. The second-order valence-corrected chi connectivity index (χ2v) is 9.72. The number of aliphatic hydroxyl groups is 1. The number of likely N-dealkylation sites (tertiary alicyclic amines) is 1. The first-order valence-electron chi connectivity index (χ1n) is 12.5. The van der Waals surface area contributed by atoms with Crippen LogP contribution in [0.4, 0.5) is 0 Å². The van der Waals surface area contributed by atoms with Gasteiger partial charge >= 0.3 is 0 Å². The number of carbonyl (C=O) groups excluding carboxylic acids is 2. The number of aliphatic hydroxyl groups excluding tert-OH is 1. The molecule has 1 fully saturated rings. The minimum absolute atomic E-state index is 0.00833. The molecule has 206 valence electrons. The van der Waals surface area contributed by atoms with Gasteiger partial charge in [0.15, 0.2) is 11.5 Å². The Morgan fingerprint density at radius 1 is 0.947 bits per heavy atom. The van der Waals surface area contributed by atoms with E-state index in [-0.39, 0.29) is 17.3 Å². The first-order valence-corrected chi connectivity index (χ1v) is 12.5. The summed E-state index contributed by atoms with van der Waals surface area (Å²) in [7, 11) is 9.98. The average Bonchev–Trinajstić information content (AvgIpc) is 3.16. The van der Waals surface area contributed by atoms with Gasteiger partial charge in [0.2, 0.25) is 5.75 Å². The lowest BCUT2D eigenvalue weighted by molar-refractivity contribution is -0.139. The third kappa shape index (κ3) is 5.57. The van der Waals surface area contributed by atoms with Crippen LogP contribution in [0.15, 0.2) is 35.9 Å². The van der Waals surface area contributed by atoms with E-state index in [9.17, 15) is 14.7 Å².